The Morgan fingerprint density at radius 2 is 1.58 bits per heavy atom. The number of carbonyl (C=O) groups excluding carboxylic acids is 1. The van der Waals surface area contributed by atoms with E-state index in [4.69, 9.17) is 9.47 Å². The summed E-state index contributed by atoms with van der Waals surface area (Å²) in [4.78, 5) is 16.6. The Morgan fingerprint density at radius 3 is 2.38 bits per heavy atom. The monoisotopic (exact) mass is 324 g/mol. The van der Waals surface area contributed by atoms with Gasteiger partial charge in [-0.05, 0) is 42.8 Å². The van der Waals surface area contributed by atoms with E-state index < -0.39 is 0 Å². The van der Waals surface area contributed by atoms with Gasteiger partial charge in [0.05, 0.1) is 0 Å². The van der Waals surface area contributed by atoms with Crippen molar-refractivity contribution < 1.29 is 14.3 Å². The SMILES string of the molecule is O=C(Oc1ccc(Oc2ccccc2)cc1)N1CCN2CCC1C2. The van der Waals surface area contributed by atoms with Crippen LogP contribution in [0.5, 0.6) is 17.2 Å². The van der Waals surface area contributed by atoms with Crippen molar-refractivity contribution in [3.63, 3.8) is 0 Å². The maximum Gasteiger partial charge on any atom is 0.415 e. The van der Waals surface area contributed by atoms with Gasteiger partial charge in [0, 0.05) is 32.2 Å². The Hall–Kier alpha value is -2.53. The summed E-state index contributed by atoms with van der Waals surface area (Å²) in [5.41, 5.74) is 0. The molecule has 5 heteroatoms. The lowest BCUT2D eigenvalue weighted by molar-refractivity contribution is 0.109. The highest BCUT2D eigenvalue weighted by atomic mass is 16.6. The fourth-order valence-electron chi connectivity index (χ4n) is 3.30. The lowest BCUT2D eigenvalue weighted by atomic mass is 10.2. The van der Waals surface area contributed by atoms with Crippen molar-refractivity contribution in [2.24, 2.45) is 0 Å². The van der Waals surface area contributed by atoms with Crippen molar-refractivity contribution in [2.75, 3.05) is 26.2 Å². The molecule has 2 aliphatic rings. The van der Waals surface area contributed by atoms with Gasteiger partial charge in [0.2, 0.25) is 0 Å². The molecule has 0 radical (unpaired) electrons. The molecule has 2 aliphatic heterocycles. The maximum absolute atomic E-state index is 12.4. The Kier molecular flexibility index (Phi) is 4.09. The van der Waals surface area contributed by atoms with Crippen molar-refractivity contribution in [3.8, 4) is 17.2 Å². The number of hydrogen-bond acceptors (Lipinski definition) is 4. The number of hydrogen-bond donors (Lipinski definition) is 0. The molecule has 1 amide bonds. The standard InChI is InChI=1S/C19H20N2O3/c22-19(21-13-12-20-11-10-15(21)14-20)24-18-8-6-17(7-9-18)23-16-4-2-1-3-5-16/h1-9,15H,10-14H2. The van der Waals surface area contributed by atoms with Crippen molar-refractivity contribution >= 4 is 6.09 Å². The van der Waals surface area contributed by atoms with Crippen LogP contribution in [0, 0.1) is 0 Å². The van der Waals surface area contributed by atoms with E-state index in [0.717, 1.165) is 38.3 Å². The van der Waals surface area contributed by atoms with Gasteiger partial charge in [-0.15, -0.1) is 0 Å². The van der Waals surface area contributed by atoms with E-state index in [2.05, 4.69) is 4.90 Å². The molecule has 2 heterocycles. The van der Waals surface area contributed by atoms with E-state index >= 15 is 0 Å². The fraction of sp³-hybridized carbons (Fsp3) is 0.316. The number of carbonyl (C=O) groups is 1. The van der Waals surface area contributed by atoms with Gasteiger partial charge >= 0.3 is 6.09 Å². The van der Waals surface area contributed by atoms with Crippen LogP contribution in [0.15, 0.2) is 54.6 Å². The summed E-state index contributed by atoms with van der Waals surface area (Å²) in [7, 11) is 0. The van der Waals surface area contributed by atoms with Crippen LogP contribution in [-0.2, 0) is 0 Å². The van der Waals surface area contributed by atoms with Crippen molar-refractivity contribution in [3.05, 3.63) is 54.6 Å². The van der Waals surface area contributed by atoms with Crippen LogP contribution in [0.2, 0.25) is 0 Å². The third kappa shape index (κ3) is 3.21. The summed E-state index contributed by atoms with van der Waals surface area (Å²) in [5.74, 6) is 2.03. The van der Waals surface area contributed by atoms with Gasteiger partial charge in [0.25, 0.3) is 0 Å². The van der Waals surface area contributed by atoms with Gasteiger partial charge in [0.1, 0.15) is 17.2 Å². The van der Waals surface area contributed by atoms with Crippen molar-refractivity contribution in [1.82, 2.24) is 9.80 Å². The molecule has 2 unspecified atom stereocenters. The summed E-state index contributed by atoms with van der Waals surface area (Å²) in [6, 6.07) is 17.0. The second-order valence-electron chi connectivity index (χ2n) is 6.19. The van der Waals surface area contributed by atoms with Gasteiger partial charge in [0.15, 0.2) is 0 Å². The molecule has 4 rings (SSSR count). The molecule has 2 aromatic rings. The maximum atomic E-state index is 12.4. The zero-order valence-corrected chi connectivity index (χ0v) is 13.4. The minimum absolute atomic E-state index is 0.252. The second kappa shape index (κ2) is 6.53. The molecular formula is C19H20N2O3. The minimum Gasteiger partial charge on any atom is -0.457 e. The zero-order chi connectivity index (χ0) is 16.4. The predicted octanol–water partition coefficient (Wildman–Crippen LogP) is 3.37. The molecule has 2 aromatic carbocycles. The molecule has 0 aliphatic carbocycles. The number of ether oxygens (including phenoxy) is 2. The third-order valence-electron chi connectivity index (χ3n) is 4.59. The van der Waals surface area contributed by atoms with E-state index in [1.54, 1.807) is 12.1 Å². The average Bonchev–Trinajstić information content (AvgIpc) is 2.98. The van der Waals surface area contributed by atoms with Gasteiger partial charge in [-0.3, -0.25) is 4.90 Å². The van der Waals surface area contributed by atoms with E-state index in [-0.39, 0.29) is 6.09 Å². The van der Waals surface area contributed by atoms with Gasteiger partial charge in [-0.1, -0.05) is 18.2 Å². The number of para-hydroxylation sites is 1. The van der Waals surface area contributed by atoms with Crippen LogP contribution >= 0.6 is 0 Å². The van der Waals surface area contributed by atoms with Crippen LogP contribution in [0.3, 0.4) is 0 Å². The summed E-state index contributed by atoms with van der Waals surface area (Å²) in [5, 5.41) is 0. The van der Waals surface area contributed by atoms with Crippen molar-refractivity contribution in [2.45, 2.75) is 12.5 Å². The Labute approximate surface area is 141 Å². The topological polar surface area (TPSA) is 42.0 Å². The van der Waals surface area contributed by atoms with Gasteiger partial charge in [-0.25, -0.2) is 4.79 Å². The smallest absolute Gasteiger partial charge is 0.415 e. The Balaban J connectivity index is 1.37. The first-order valence-electron chi connectivity index (χ1n) is 8.32. The molecule has 0 aromatic heterocycles. The zero-order valence-electron chi connectivity index (χ0n) is 13.4. The van der Waals surface area contributed by atoms with Crippen molar-refractivity contribution in [1.29, 1.82) is 0 Å². The number of rotatable bonds is 3. The van der Waals surface area contributed by atoms with Crippen LogP contribution in [0.1, 0.15) is 6.42 Å². The normalized spacial score (nSPS) is 22.2. The summed E-state index contributed by atoms with van der Waals surface area (Å²) in [6.45, 7) is 3.74. The largest absolute Gasteiger partial charge is 0.457 e. The number of benzene rings is 2. The first-order valence-corrected chi connectivity index (χ1v) is 8.32. The molecule has 5 nitrogen and oxygen atoms in total. The number of amides is 1. The van der Waals surface area contributed by atoms with E-state index in [9.17, 15) is 4.79 Å². The average molecular weight is 324 g/mol. The molecule has 2 fully saturated rings. The minimum atomic E-state index is -0.252. The molecule has 2 saturated heterocycles. The first-order chi connectivity index (χ1) is 11.8. The highest BCUT2D eigenvalue weighted by Crippen LogP contribution is 2.25. The molecule has 2 bridgehead atoms. The number of nitrogens with zero attached hydrogens (tertiary/aromatic N) is 2. The fourth-order valence-corrected chi connectivity index (χ4v) is 3.30. The number of piperazine rings is 1. The predicted molar refractivity (Wildman–Crippen MR) is 90.5 cm³/mol. The first kappa shape index (κ1) is 15.0. The Bertz CT molecular complexity index is 702. The third-order valence-corrected chi connectivity index (χ3v) is 4.59. The highest BCUT2D eigenvalue weighted by molar-refractivity contribution is 5.71. The van der Waals surface area contributed by atoms with Gasteiger partial charge in [-0.2, -0.15) is 0 Å². The van der Waals surface area contributed by atoms with E-state index in [1.165, 1.54) is 0 Å². The van der Waals surface area contributed by atoms with Crippen LogP contribution < -0.4 is 9.47 Å². The summed E-state index contributed by atoms with van der Waals surface area (Å²) < 4.78 is 11.3. The quantitative estimate of drug-likeness (QED) is 0.868. The van der Waals surface area contributed by atoms with E-state index in [0.29, 0.717) is 17.5 Å². The molecule has 0 saturated carbocycles. The summed E-state index contributed by atoms with van der Waals surface area (Å²) in [6.07, 6.45) is 0.789. The van der Waals surface area contributed by atoms with E-state index in [1.807, 2.05) is 47.4 Å². The van der Waals surface area contributed by atoms with Gasteiger partial charge < -0.3 is 14.4 Å². The lowest BCUT2D eigenvalue weighted by Gasteiger charge is -2.33. The highest BCUT2D eigenvalue weighted by Gasteiger charge is 2.36. The van der Waals surface area contributed by atoms with Crippen LogP contribution in [-0.4, -0.2) is 48.1 Å². The lowest BCUT2D eigenvalue weighted by Crippen LogP contribution is -2.50. The number of fused-ring (bicyclic) bond motifs is 2. The second-order valence-corrected chi connectivity index (χ2v) is 6.19. The molecule has 0 N–H and O–H groups in total. The molecule has 24 heavy (non-hydrogen) atoms. The molecule has 0 spiro atoms. The van der Waals surface area contributed by atoms with Crippen LogP contribution in [0.25, 0.3) is 0 Å². The molecular weight excluding hydrogens is 304 g/mol. The molecule has 124 valence electrons. The Morgan fingerprint density at radius 1 is 0.875 bits per heavy atom. The summed E-state index contributed by atoms with van der Waals surface area (Å²) >= 11 is 0. The molecule has 2 atom stereocenters. The van der Waals surface area contributed by atoms with Crippen LogP contribution in [0.4, 0.5) is 4.79 Å².